The predicted molar refractivity (Wildman–Crippen MR) is 90.8 cm³/mol. The van der Waals surface area contributed by atoms with Gasteiger partial charge < -0.3 is 9.80 Å². The van der Waals surface area contributed by atoms with E-state index in [1.54, 1.807) is 21.1 Å². The smallest absolute Gasteiger partial charge is 0.209 e. The third kappa shape index (κ3) is 3.79. The zero-order valence-electron chi connectivity index (χ0n) is 14.3. The second-order valence-electron chi connectivity index (χ2n) is 6.76. The Bertz CT molecular complexity index is 585. The summed E-state index contributed by atoms with van der Waals surface area (Å²) in [6.07, 6.45) is 0. The number of thiophene rings is 1. The van der Waals surface area contributed by atoms with Gasteiger partial charge in [-0.1, -0.05) is 19.9 Å². The fourth-order valence-corrected chi connectivity index (χ4v) is 4.32. The van der Waals surface area contributed by atoms with Gasteiger partial charge in [-0.25, -0.2) is 4.68 Å². The van der Waals surface area contributed by atoms with Gasteiger partial charge in [0.15, 0.2) is 6.04 Å². The molecule has 0 radical (unpaired) electrons. The second-order valence-corrected chi connectivity index (χ2v) is 7.79. The molecule has 2 aromatic rings. The first-order valence-corrected chi connectivity index (χ1v) is 9.53. The van der Waals surface area contributed by atoms with E-state index >= 15 is 0 Å². The minimum atomic E-state index is 0.378. The quantitative estimate of drug-likeness (QED) is 0.732. The molecule has 6 nitrogen and oxygen atoms in total. The van der Waals surface area contributed by atoms with Gasteiger partial charge in [0.05, 0.1) is 13.1 Å². The first-order valence-electron chi connectivity index (χ1n) is 8.65. The Hall–Kier alpha value is -1.31. The van der Waals surface area contributed by atoms with Crippen LogP contribution in [0.1, 0.15) is 37.5 Å². The lowest BCUT2D eigenvalue weighted by molar-refractivity contribution is -1.03. The van der Waals surface area contributed by atoms with Gasteiger partial charge >= 0.3 is 0 Å². The Morgan fingerprint density at radius 3 is 2.65 bits per heavy atom. The highest BCUT2D eigenvalue weighted by Gasteiger charge is 2.35. The molecule has 0 bridgehead atoms. The summed E-state index contributed by atoms with van der Waals surface area (Å²) in [6.45, 7) is 13.8. The van der Waals surface area contributed by atoms with E-state index in [0.29, 0.717) is 12.0 Å². The SMILES string of the molecule is CC[NH+]1CC[NH+]([C@@H](c2nnnn2Cc2cccs2)C(C)C)CC1. The molecule has 3 rings (SSSR count). The third-order valence-corrected chi connectivity index (χ3v) is 5.79. The van der Waals surface area contributed by atoms with Crippen LogP contribution in [0.25, 0.3) is 0 Å². The van der Waals surface area contributed by atoms with Gasteiger partial charge in [-0.05, 0) is 28.8 Å². The van der Waals surface area contributed by atoms with E-state index in [0.717, 1.165) is 12.4 Å². The minimum absolute atomic E-state index is 0.378. The van der Waals surface area contributed by atoms with Crippen LogP contribution in [0.3, 0.4) is 0 Å². The topological polar surface area (TPSA) is 52.5 Å². The van der Waals surface area contributed by atoms with Gasteiger partial charge in [-0.15, -0.1) is 16.4 Å². The van der Waals surface area contributed by atoms with Crippen LogP contribution in [0.5, 0.6) is 0 Å². The highest BCUT2D eigenvalue weighted by Crippen LogP contribution is 2.18. The first kappa shape index (κ1) is 16.5. The molecular formula is C16H28N6S+2. The Kier molecular flexibility index (Phi) is 5.40. The lowest BCUT2D eigenvalue weighted by atomic mass is 10.0. The number of rotatable bonds is 6. The molecule has 1 saturated heterocycles. The first-order chi connectivity index (χ1) is 11.2. The molecule has 0 aromatic carbocycles. The molecule has 1 fully saturated rings. The number of nitrogens with one attached hydrogen (secondary N) is 2. The molecule has 0 saturated carbocycles. The number of quaternary nitrogens is 2. The molecule has 1 aliphatic rings. The summed E-state index contributed by atoms with van der Waals surface area (Å²) < 4.78 is 2.00. The van der Waals surface area contributed by atoms with E-state index in [9.17, 15) is 0 Å². The van der Waals surface area contributed by atoms with Crippen LogP contribution in [-0.4, -0.2) is 52.9 Å². The van der Waals surface area contributed by atoms with Crippen LogP contribution in [0.2, 0.25) is 0 Å². The number of hydrogen-bond donors (Lipinski definition) is 2. The summed E-state index contributed by atoms with van der Waals surface area (Å²) >= 11 is 1.76. The van der Waals surface area contributed by atoms with Gasteiger partial charge in [0, 0.05) is 10.8 Å². The van der Waals surface area contributed by atoms with Crippen LogP contribution in [-0.2, 0) is 6.54 Å². The van der Waals surface area contributed by atoms with Crippen molar-refractivity contribution < 1.29 is 9.80 Å². The van der Waals surface area contributed by atoms with Crippen molar-refractivity contribution in [3.05, 3.63) is 28.2 Å². The van der Waals surface area contributed by atoms with Gasteiger partial charge in [-0.2, -0.15) is 0 Å². The lowest BCUT2D eigenvalue weighted by Gasteiger charge is -2.35. The Morgan fingerprint density at radius 1 is 1.26 bits per heavy atom. The number of aromatic nitrogens is 4. The summed E-state index contributed by atoms with van der Waals surface area (Å²) in [7, 11) is 0. The van der Waals surface area contributed by atoms with E-state index < -0.39 is 0 Å². The summed E-state index contributed by atoms with van der Waals surface area (Å²) in [4.78, 5) is 4.66. The Balaban J connectivity index is 1.78. The predicted octanol–water partition coefficient (Wildman–Crippen LogP) is -0.717. The van der Waals surface area contributed by atoms with Crippen molar-refractivity contribution in [3.63, 3.8) is 0 Å². The minimum Gasteiger partial charge on any atom is -0.326 e. The van der Waals surface area contributed by atoms with Crippen molar-refractivity contribution in [1.82, 2.24) is 20.2 Å². The molecular weight excluding hydrogens is 308 g/mol. The Labute approximate surface area is 142 Å². The summed E-state index contributed by atoms with van der Waals surface area (Å²) in [6, 6.07) is 4.61. The summed E-state index contributed by atoms with van der Waals surface area (Å²) in [5, 5.41) is 14.8. The summed E-state index contributed by atoms with van der Waals surface area (Å²) in [5.41, 5.74) is 0. The zero-order valence-corrected chi connectivity index (χ0v) is 15.1. The van der Waals surface area contributed by atoms with Gasteiger partial charge in [0.2, 0.25) is 5.82 Å². The highest BCUT2D eigenvalue weighted by atomic mass is 32.1. The maximum atomic E-state index is 4.41. The van der Waals surface area contributed by atoms with Crippen molar-refractivity contribution >= 4 is 11.3 Å². The van der Waals surface area contributed by atoms with Crippen LogP contribution in [0.4, 0.5) is 0 Å². The van der Waals surface area contributed by atoms with Crippen molar-refractivity contribution in [2.45, 2.75) is 33.4 Å². The molecule has 0 aliphatic carbocycles. The zero-order chi connectivity index (χ0) is 16.2. The normalized spacial score (nSPS) is 23.3. The van der Waals surface area contributed by atoms with Crippen LogP contribution in [0, 0.1) is 5.92 Å². The average molecular weight is 337 g/mol. The number of likely N-dealkylation sites (N-methyl/N-ethyl adjacent to an activating group) is 1. The Morgan fingerprint density at radius 2 is 2.04 bits per heavy atom. The molecule has 7 heteroatoms. The second kappa shape index (κ2) is 7.51. The molecule has 0 spiro atoms. The van der Waals surface area contributed by atoms with Crippen LogP contribution in [0.15, 0.2) is 17.5 Å². The van der Waals surface area contributed by atoms with Crippen molar-refractivity contribution in [2.24, 2.45) is 5.92 Å². The molecule has 3 heterocycles. The number of tetrazole rings is 1. The van der Waals surface area contributed by atoms with Crippen molar-refractivity contribution in [1.29, 1.82) is 0 Å². The molecule has 1 aliphatic heterocycles. The molecule has 23 heavy (non-hydrogen) atoms. The fraction of sp³-hybridized carbons (Fsp3) is 0.688. The highest BCUT2D eigenvalue weighted by molar-refractivity contribution is 7.09. The van der Waals surface area contributed by atoms with Crippen molar-refractivity contribution in [3.8, 4) is 0 Å². The molecule has 2 N–H and O–H groups in total. The van der Waals surface area contributed by atoms with Crippen molar-refractivity contribution in [2.75, 3.05) is 32.7 Å². The van der Waals surface area contributed by atoms with Gasteiger partial charge in [-0.3, -0.25) is 0 Å². The third-order valence-electron chi connectivity index (χ3n) is 4.93. The van der Waals surface area contributed by atoms with E-state index in [1.807, 2.05) is 4.68 Å². The number of hydrogen-bond acceptors (Lipinski definition) is 4. The van der Waals surface area contributed by atoms with E-state index in [1.165, 1.54) is 37.6 Å². The standard InChI is InChI=1S/C16H26N6S/c1-4-20-7-9-21(10-8-20)15(13(2)3)16-17-18-19-22(16)12-14-6-5-11-23-14/h5-6,11,13,15H,4,7-10,12H2,1-3H3/p+2/t15-/m1/s1. The molecule has 1 atom stereocenters. The largest absolute Gasteiger partial charge is 0.326 e. The van der Waals surface area contributed by atoms with E-state index in [4.69, 9.17) is 0 Å². The monoisotopic (exact) mass is 336 g/mol. The summed E-state index contributed by atoms with van der Waals surface area (Å²) in [5.74, 6) is 1.57. The number of nitrogens with zero attached hydrogens (tertiary/aromatic N) is 4. The maximum absolute atomic E-state index is 4.41. The fourth-order valence-electron chi connectivity index (χ4n) is 3.64. The van der Waals surface area contributed by atoms with Gasteiger partial charge in [0.1, 0.15) is 26.2 Å². The molecule has 0 amide bonds. The number of piperazine rings is 1. The van der Waals surface area contributed by atoms with Crippen LogP contribution >= 0.6 is 11.3 Å². The van der Waals surface area contributed by atoms with E-state index in [2.05, 4.69) is 53.8 Å². The molecule has 2 aromatic heterocycles. The molecule has 126 valence electrons. The van der Waals surface area contributed by atoms with E-state index in [-0.39, 0.29) is 0 Å². The van der Waals surface area contributed by atoms with Crippen LogP contribution < -0.4 is 9.80 Å². The van der Waals surface area contributed by atoms with Gasteiger partial charge in [0.25, 0.3) is 0 Å². The maximum Gasteiger partial charge on any atom is 0.209 e. The lowest BCUT2D eigenvalue weighted by Crippen LogP contribution is -3.28. The molecule has 0 unspecified atom stereocenters. The average Bonchev–Trinajstić information content (AvgIpc) is 3.21.